The van der Waals surface area contributed by atoms with Crippen molar-refractivity contribution in [1.82, 2.24) is 9.97 Å². The summed E-state index contributed by atoms with van der Waals surface area (Å²) in [4.78, 5) is 30.6. The van der Waals surface area contributed by atoms with Gasteiger partial charge in [-0.2, -0.15) is 0 Å². The van der Waals surface area contributed by atoms with Gasteiger partial charge in [0, 0.05) is 36.3 Å². The number of fused-ring (bicyclic) bond motifs is 1. The SMILES string of the molecule is COC(=O)CCc1c[nH]c(C=C2C(=O)Nc3ccncc32)c1C. The molecule has 0 radical (unpaired) electrons. The van der Waals surface area contributed by atoms with Gasteiger partial charge in [-0.25, -0.2) is 0 Å². The predicted octanol–water partition coefficient (Wildman–Crippen LogP) is 2.32. The van der Waals surface area contributed by atoms with Crippen LogP contribution >= 0.6 is 0 Å². The molecule has 1 aliphatic rings. The van der Waals surface area contributed by atoms with E-state index in [1.165, 1.54) is 7.11 Å². The minimum absolute atomic E-state index is 0.141. The van der Waals surface area contributed by atoms with Crippen molar-refractivity contribution in [2.45, 2.75) is 19.8 Å². The molecule has 23 heavy (non-hydrogen) atoms. The van der Waals surface area contributed by atoms with Gasteiger partial charge in [0.15, 0.2) is 0 Å². The highest BCUT2D eigenvalue weighted by molar-refractivity contribution is 6.34. The van der Waals surface area contributed by atoms with Gasteiger partial charge in [0.2, 0.25) is 0 Å². The van der Waals surface area contributed by atoms with E-state index < -0.39 is 0 Å². The average molecular weight is 311 g/mol. The van der Waals surface area contributed by atoms with Crippen LogP contribution in [0.3, 0.4) is 0 Å². The summed E-state index contributed by atoms with van der Waals surface area (Å²) in [5.74, 6) is -0.376. The maximum Gasteiger partial charge on any atom is 0.305 e. The third-order valence-corrected chi connectivity index (χ3v) is 4.01. The summed E-state index contributed by atoms with van der Waals surface area (Å²) in [6.07, 6.45) is 7.94. The van der Waals surface area contributed by atoms with Gasteiger partial charge in [-0.3, -0.25) is 14.6 Å². The van der Waals surface area contributed by atoms with Crippen molar-refractivity contribution in [2.75, 3.05) is 12.4 Å². The molecule has 2 aromatic rings. The van der Waals surface area contributed by atoms with E-state index in [1.54, 1.807) is 18.5 Å². The summed E-state index contributed by atoms with van der Waals surface area (Å²) in [7, 11) is 1.38. The minimum Gasteiger partial charge on any atom is -0.469 e. The van der Waals surface area contributed by atoms with E-state index in [9.17, 15) is 9.59 Å². The third-order valence-electron chi connectivity index (χ3n) is 4.01. The molecule has 0 aromatic carbocycles. The molecule has 0 bridgehead atoms. The number of nitrogens with one attached hydrogen (secondary N) is 2. The molecule has 118 valence electrons. The summed E-state index contributed by atoms with van der Waals surface area (Å²) in [5.41, 5.74) is 5.05. The van der Waals surface area contributed by atoms with Crippen LogP contribution in [-0.4, -0.2) is 29.0 Å². The van der Waals surface area contributed by atoms with Gasteiger partial charge < -0.3 is 15.0 Å². The first kappa shape index (κ1) is 15.0. The first-order valence-electron chi connectivity index (χ1n) is 7.31. The average Bonchev–Trinajstić information content (AvgIpc) is 3.06. The van der Waals surface area contributed by atoms with E-state index in [2.05, 4.69) is 20.0 Å². The summed E-state index contributed by atoms with van der Waals surface area (Å²) >= 11 is 0. The lowest BCUT2D eigenvalue weighted by Gasteiger charge is -2.01. The van der Waals surface area contributed by atoms with Gasteiger partial charge in [0.05, 0.1) is 18.4 Å². The van der Waals surface area contributed by atoms with E-state index >= 15 is 0 Å². The number of rotatable bonds is 4. The van der Waals surface area contributed by atoms with E-state index in [0.29, 0.717) is 18.4 Å². The standard InChI is InChI=1S/C17H17N3O3/c1-10-11(3-4-16(21)23-2)8-19-15(10)7-12-13-9-18-6-5-14(13)20-17(12)22/h5-9,19H,3-4H2,1-2H3,(H,20,22). The minimum atomic E-state index is -0.235. The molecule has 1 amide bonds. The number of amides is 1. The summed E-state index contributed by atoms with van der Waals surface area (Å²) in [6, 6.07) is 1.78. The monoisotopic (exact) mass is 311 g/mol. The van der Waals surface area contributed by atoms with E-state index in [-0.39, 0.29) is 11.9 Å². The zero-order chi connectivity index (χ0) is 16.4. The van der Waals surface area contributed by atoms with Gasteiger partial charge in [0.1, 0.15) is 0 Å². The molecular formula is C17H17N3O3. The van der Waals surface area contributed by atoms with Crippen LogP contribution in [0.25, 0.3) is 11.6 Å². The highest BCUT2D eigenvalue weighted by atomic mass is 16.5. The van der Waals surface area contributed by atoms with Crippen LogP contribution < -0.4 is 5.32 Å². The molecule has 3 rings (SSSR count). The van der Waals surface area contributed by atoms with Gasteiger partial charge in [0.25, 0.3) is 5.91 Å². The molecule has 0 fully saturated rings. The maximum atomic E-state index is 12.1. The fraction of sp³-hybridized carbons (Fsp3) is 0.235. The number of carbonyl (C=O) groups is 2. The largest absolute Gasteiger partial charge is 0.469 e. The lowest BCUT2D eigenvalue weighted by Crippen LogP contribution is -2.03. The highest BCUT2D eigenvalue weighted by Gasteiger charge is 2.24. The topological polar surface area (TPSA) is 84.1 Å². The molecule has 0 atom stereocenters. The van der Waals surface area contributed by atoms with Crippen LogP contribution in [0.5, 0.6) is 0 Å². The lowest BCUT2D eigenvalue weighted by molar-refractivity contribution is -0.140. The van der Waals surface area contributed by atoms with Crippen LogP contribution in [0, 0.1) is 6.92 Å². The number of methoxy groups -OCH3 is 1. The van der Waals surface area contributed by atoms with Crippen LogP contribution in [0.2, 0.25) is 0 Å². The second-order valence-corrected chi connectivity index (χ2v) is 5.36. The van der Waals surface area contributed by atoms with Gasteiger partial charge in [-0.05, 0) is 36.6 Å². The number of H-pyrrole nitrogens is 1. The maximum absolute atomic E-state index is 12.1. The second kappa shape index (κ2) is 6.08. The number of aryl methyl sites for hydroxylation is 1. The number of aromatic nitrogens is 2. The fourth-order valence-corrected chi connectivity index (χ4v) is 2.62. The lowest BCUT2D eigenvalue weighted by atomic mass is 10.0. The molecule has 3 heterocycles. The Hall–Kier alpha value is -2.89. The molecule has 0 saturated carbocycles. The smallest absolute Gasteiger partial charge is 0.305 e. The Labute approximate surface area is 133 Å². The number of carbonyl (C=O) groups excluding carboxylic acids is 2. The summed E-state index contributed by atoms with van der Waals surface area (Å²) < 4.78 is 4.66. The fourth-order valence-electron chi connectivity index (χ4n) is 2.62. The van der Waals surface area contributed by atoms with Crippen LogP contribution in [0.15, 0.2) is 24.7 Å². The van der Waals surface area contributed by atoms with Crippen molar-refractivity contribution in [3.05, 3.63) is 47.0 Å². The Balaban J connectivity index is 1.87. The van der Waals surface area contributed by atoms with Crippen LogP contribution in [-0.2, 0) is 20.7 Å². The first-order valence-corrected chi connectivity index (χ1v) is 7.31. The van der Waals surface area contributed by atoms with Crippen LogP contribution in [0.1, 0.15) is 28.8 Å². The van der Waals surface area contributed by atoms with Crippen molar-refractivity contribution in [3.63, 3.8) is 0 Å². The number of anilines is 1. The van der Waals surface area contributed by atoms with Crippen molar-refractivity contribution < 1.29 is 14.3 Å². The van der Waals surface area contributed by atoms with E-state index in [1.807, 2.05) is 19.2 Å². The Kier molecular flexibility index (Phi) is 3.97. The Morgan fingerprint density at radius 1 is 1.43 bits per heavy atom. The zero-order valence-electron chi connectivity index (χ0n) is 13.0. The van der Waals surface area contributed by atoms with E-state index in [4.69, 9.17) is 0 Å². The zero-order valence-corrected chi connectivity index (χ0v) is 13.0. The molecule has 0 saturated heterocycles. The number of aromatic amines is 1. The van der Waals surface area contributed by atoms with Crippen molar-refractivity contribution in [3.8, 4) is 0 Å². The highest BCUT2D eigenvalue weighted by Crippen LogP contribution is 2.32. The quantitative estimate of drug-likeness (QED) is 0.670. The molecule has 2 N–H and O–H groups in total. The van der Waals surface area contributed by atoms with Crippen molar-refractivity contribution >= 4 is 29.2 Å². The Morgan fingerprint density at radius 2 is 2.26 bits per heavy atom. The number of ether oxygens (including phenoxy) is 1. The van der Waals surface area contributed by atoms with E-state index in [0.717, 1.165) is 28.1 Å². The molecule has 6 heteroatoms. The third kappa shape index (κ3) is 2.88. The number of hydrogen-bond donors (Lipinski definition) is 2. The number of nitrogens with zero attached hydrogens (tertiary/aromatic N) is 1. The molecule has 6 nitrogen and oxygen atoms in total. The molecule has 1 aliphatic heterocycles. The second-order valence-electron chi connectivity index (χ2n) is 5.36. The van der Waals surface area contributed by atoms with Crippen molar-refractivity contribution in [1.29, 1.82) is 0 Å². The molecule has 0 unspecified atom stereocenters. The predicted molar refractivity (Wildman–Crippen MR) is 86.6 cm³/mol. The van der Waals surface area contributed by atoms with Gasteiger partial charge >= 0.3 is 5.97 Å². The summed E-state index contributed by atoms with van der Waals surface area (Å²) in [5, 5.41) is 2.82. The number of hydrogen-bond acceptors (Lipinski definition) is 4. The molecule has 0 spiro atoms. The number of pyridine rings is 1. The van der Waals surface area contributed by atoms with Crippen LogP contribution in [0.4, 0.5) is 5.69 Å². The van der Waals surface area contributed by atoms with Crippen molar-refractivity contribution in [2.24, 2.45) is 0 Å². The molecule has 0 aliphatic carbocycles. The van der Waals surface area contributed by atoms with Gasteiger partial charge in [-0.1, -0.05) is 0 Å². The van der Waals surface area contributed by atoms with Gasteiger partial charge in [-0.15, -0.1) is 0 Å². The normalized spacial score (nSPS) is 14.7. The molecule has 2 aromatic heterocycles. The Morgan fingerprint density at radius 3 is 3.04 bits per heavy atom. The molecular weight excluding hydrogens is 294 g/mol. The summed E-state index contributed by atoms with van der Waals surface area (Å²) in [6.45, 7) is 1.96. The first-order chi connectivity index (χ1) is 11.1. The Bertz CT molecular complexity index is 805. The number of esters is 1.